The van der Waals surface area contributed by atoms with Gasteiger partial charge in [0.05, 0.1) is 5.56 Å². The van der Waals surface area contributed by atoms with E-state index in [0.717, 1.165) is 24.9 Å². The quantitative estimate of drug-likeness (QED) is 0.295. The first-order valence-corrected chi connectivity index (χ1v) is 8.54. The molecule has 0 spiro atoms. The van der Waals surface area contributed by atoms with Crippen molar-refractivity contribution in [3.63, 3.8) is 0 Å². The minimum Gasteiger partial charge on any atom is -0.352 e. The van der Waals surface area contributed by atoms with E-state index in [9.17, 15) is 9.59 Å². The van der Waals surface area contributed by atoms with E-state index >= 15 is 0 Å². The van der Waals surface area contributed by atoms with Crippen LogP contribution in [-0.4, -0.2) is 33.5 Å². The van der Waals surface area contributed by atoms with Gasteiger partial charge in [-0.2, -0.15) is 0 Å². The Morgan fingerprint density at radius 3 is 2.35 bits per heavy atom. The summed E-state index contributed by atoms with van der Waals surface area (Å²) < 4.78 is 0. The van der Waals surface area contributed by atoms with Gasteiger partial charge in [-0.3, -0.25) is 14.8 Å². The number of unbranched alkanes of at least 4 members (excludes halogenated alkanes) is 3. The van der Waals surface area contributed by atoms with Gasteiger partial charge >= 0.3 is 0 Å². The molecule has 138 valence electrons. The molecule has 1 heterocycles. The molecule has 26 heavy (non-hydrogen) atoms. The number of rotatable bonds is 10. The summed E-state index contributed by atoms with van der Waals surface area (Å²) in [5, 5.41) is 14.3. The lowest BCUT2D eigenvalue weighted by Gasteiger charge is -2.07. The number of hydrogen-bond acceptors (Lipinski definition) is 6. The molecule has 1 aromatic carbocycles. The normalized spacial score (nSPS) is 10.2. The lowest BCUT2D eigenvalue weighted by molar-refractivity contribution is -0.129. The number of nitrogens with one attached hydrogen (secondary N) is 3. The van der Waals surface area contributed by atoms with E-state index < -0.39 is 0 Å². The Hall–Kier alpha value is -3.00. The van der Waals surface area contributed by atoms with Gasteiger partial charge in [0, 0.05) is 31.0 Å². The maximum absolute atomic E-state index is 12.0. The molecule has 0 aliphatic carbocycles. The molecule has 0 aliphatic heterocycles. The number of carbonyl (C=O) groups excluding carboxylic acids is 2. The summed E-state index contributed by atoms with van der Waals surface area (Å²) in [5.74, 6) is -0.154. The van der Waals surface area contributed by atoms with Gasteiger partial charge < -0.3 is 10.6 Å². The number of hydroxylamine groups is 1. The highest BCUT2D eigenvalue weighted by Crippen LogP contribution is 2.11. The molecule has 0 atom stereocenters. The highest BCUT2D eigenvalue weighted by Gasteiger charge is 2.07. The van der Waals surface area contributed by atoms with Crippen molar-refractivity contribution in [2.75, 3.05) is 11.9 Å². The zero-order valence-electron chi connectivity index (χ0n) is 14.4. The highest BCUT2D eigenvalue weighted by molar-refractivity contribution is 5.93. The van der Waals surface area contributed by atoms with Gasteiger partial charge in [0.1, 0.15) is 0 Å². The Balaban J connectivity index is 1.65. The van der Waals surface area contributed by atoms with Crippen LogP contribution in [0.25, 0.3) is 0 Å². The van der Waals surface area contributed by atoms with E-state index in [1.54, 1.807) is 5.48 Å². The van der Waals surface area contributed by atoms with Crippen LogP contribution in [0, 0.1) is 0 Å². The number of amides is 2. The van der Waals surface area contributed by atoms with Crippen molar-refractivity contribution in [3.05, 3.63) is 48.3 Å². The largest absolute Gasteiger partial charge is 0.352 e. The summed E-state index contributed by atoms with van der Waals surface area (Å²) in [6, 6.07) is 9.54. The summed E-state index contributed by atoms with van der Waals surface area (Å²) in [6.45, 7) is 0.551. The van der Waals surface area contributed by atoms with Crippen LogP contribution in [0.3, 0.4) is 0 Å². The molecular formula is C18H23N5O3. The van der Waals surface area contributed by atoms with Crippen molar-refractivity contribution in [2.45, 2.75) is 32.1 Å². The predicted octanol–water partition coefficient (Wildman–Crippen LogP) is 2.41. The Labute approximate surface area is 152 Å². The summed E-state index contributed by atoms with van der Waals surface area (Å²) >= 11 is 0. The van der Waals surface area contributed by atoms with Gasteiger partial charge in [0.15, 0.2) is 0 Å². The van der Waals surface area contributed by atoms with Gasteiger partial charge in [0.2, 0.25) is 11.9 Å². The van der Waals surface area contributed by atoms with Crippen molar-refractivity contribution in [1.82, 2.24) is 20.8 Å². The molecule has 0 unspecified atom stereocenters. The van der Waals surface area contributed by atoms with Crippen LogP contribution in [0.15, 0.2) is 42.7 Å². The minimum absolute atomic E-state index is 0.212. The molecule has 4 N–H and O–H groups in total. The van der Waals surface area contributed by atoms with Gasteiger partial charge in [-0.25, -0.2) is 15.4 Å². The third kappa shape index (κ3) is 6.86. The first-order valence-electron chi connectivity index (χ1n) is 8.54. The van der Waals surface area contributed by atoms with E-state index in [1.165, 1.54) is 12.4 Å². The number of aromatic nitrogens is 2. The smallest absolute Gasteiger partial charge is 0.254 e. The summed E-state index contributed by atoms with van der Waals surface area (Å²) in [7, 11) is 0. The molecule has 1 aromatic heterocycles. The number of anilines is 2. The third-order valence-corrected chi connectivity index (χ3v) is 3.68. The fourth-order valence-corrected chi connectivity index (χ4v) is 2.28. The molecule has 2 amide bonds. The van der Waals surface area contributed by atoms with Crippen molar-refractivity contribution >= 4 is 23.5 Å². The summed E-state index contributed by atoms with van der Waals surface area (Å²) in [5.41, 5.74) is 2.89. The van der Waals surface area contributed by atoms with Crippen molar-refractivity contribution < 1.29 is 14.8 Å². The summed E-state index contributed by atoms with van der Waals surface area (Å²) in [6.07, 6.45) is 6.58. The van der Waals surface area contributed by atoms with Crippen LogP contribution in [0.4, 0.5) is 11.6 Å². The Morgan fingerprint density at radius 2 is 1.65 bits per heavy atom. The molecule has 0 radical (unpaired) electrons. The van der Waals surface area contributed by atoms with Crippen LogP contribution in [0.5, 0.6) is 0 Å². The van der Waals surface area contributed by atoms with Gasteiger partial charge in [-0.15, -0.1) is 0 Å². The first kappa shape index (κ1) is 19.3. The first-order chi connectivity index (χ1) is 12.7. The average molecular weight is 357 g/mol. The molecule has 0 saturated carbocycles. The van der Waals surface area contributed by atoms with E-state index in [0.29, 0.717) is 30.9 Å². The van der Waals surface area contributed by atoms with E-state index in [1.807, 2.05) is 30.3 Å². The second-order valence-electron chi connectivity index (χ2n) is 5.74. The second-order valence-corrected chi connectivity index (χ2v) is 5.74. The monoisotopic (exact) mass is 357 g/mol. The number of hydrogen-bond donors (Lipinski definition) is 4. The Kier molecular flexibility index (Phi) is 8.01. The maximum Gasteiger partial charge on any atom is 0.254 e. The van der Waals surface area contributed by atoms with Crippen molar-refractivity contribution in [2.24, 2.45) is 0 Å². The van der Waals surface area contributed by atoms with Crippen molar-refractivity contribution in [1.29, 1.82) is 0 Å². The topological polar surface area (TPSA) is 116 Å². The second kappa shape index (κ2) is 10.8. The SMILES string of the molecule is O=C(CCCCCCNC(=O)c1cnc(Nc2ccccc2)nc1)NO. The molecule has 0 aliphatic rings. The molecule has 2 rings (SSSR count). The van der Waals surface area contributed by atoms with Crippen molar-refractivity contribution in [3.8, 4) is 0 Å². The zero-order valence-corrected chi connectivity index (χ0v) is 14.4. The van der Waals surface area contributed by atoms with Gasteiger partial charge in [0.25, 0.3) is 5.91 Å². The Morgan fingerprint density at radius 1 is 0.962 bits per heavy atom. The molecule has 8 heteroatoms. The van der Waals surface area contributed by atoms with Crippen LogP contribution in [0.2, 0.25) is 0 Å². The van der Waals surface area contributed by atoms with Crippen LogP contribution < -0.4 is 16.1 Å². The lowest BCUT2D eigenvalue weighted by Crippen LogP contribution is -2.24. The van der Waals surface area contributed by atoms with Gasteiger partial charge in [-0.05, 0) is 25.0 Å². The van der Waals surface area contributed by atoms with Gasteiger partial charge in [-0.1, -0.05) is 31.0 Å². The van der Waals surface area contributed by atoms with E-state index in [2.05, 4.69) is 20.6 Å². The highest BCUT2D eigenvalue weighted by atomic mass is 16.5. The number of nitrogens with zero attached hydrogens (tertiary/aromatic N) is 2. The van der Waals surface area contributed by atoms with Crippen LogP contribution in [0.1, 0.15) is 42.5 Å². The van der Waals surface area contributed by atoms with E-state index in [-0.39, 0.29) is 11.8 Å². The zero-order chi connectivity index (χ0) is 18.6. The van der Waals surface area contributed by atoms with Crippen LogP contribution >= 0.6 is 0 Å². The number of benzene rings is 1. The molecular weight excluding hydrogens is 334 g/mol. The lowest BCUT2D eigenvalue weighted by atomic mass is 10.1. The van der Waals surface area contributed by atoms with E-state index in [4.69, 9.17) is 5.21 Å². The number of para-hydroxylation sites is 1. The maximum atomic E-state index is 12.0. The molecule has 0 fully saturated rings. The molecule has 0 saturated heterocycles. The predicted molar refractivity (Wildman–Crippen MR) is 97.1 cm³/mol. The summed E-state index contributed by atoms with van der Waals surface area (Å²) in [4.78, 5) is 31.2. The molecule has 0 bridgehead atoms. The standard InChI is InChI=1S/C18H23N5O3/c24-16(23-26)10-6-1-2-7-11-19-17(25)14-12-20-18(21-13-14)22-15-8-4-3-5-9-15/h3-5,8-9,12-13,26H,1-2,6-7,10-11H2,(H,19,25)(H,23,24)(H,20,21,22). The fraction of sp³-hybridized carbons (Fsp3) is 0.333. The minimum atomic E-state index is -0.372. The molecule has 8 nitrogen and oxygen atoms in total. The van der Waals surface area contributed by atoms with Crippen LogP contribution in [-0.2, 0) is 4.79 Å². The third-order valence-electron chi connectivity index (χ3n) is 3.68. The molecule has 2 aromatic rings. The Bertz CT molecular complexity index is 692. The average Bonchev–Trinajstić information content (AvgIpc) is 2.68. The fourth-order valence-electron chi connectivity index (χ4n) is 2.28. The number of carbonyl (C=O) groups is 2.